The van der Waals surface area contributed by atoms with Crippen LogP contribution in [-0.4, -0.2) is 12.4 Å². The smallest absolute Gasteiger partial charge is 0.100 e. The Hall–Kier alpha value is -1.31. The van der Waals surface area contributed by atoms with Crippen molar-refractivity contribution in [3.05, 3.63) is 29.3 Å². The standard InChI is InChI=1S/C13H18N2/c1-10-6-5-7-12(11(10)2)15-9-4-3-8-13(15)14/h5-7,14H,3-4,8-9H2,1-2H3. The number of aryl methyl sites for hydroxylation is 1. The quantitative estimate of drug-likeness (QED) is 0.743. The summed E-state index contributed by atoms with van der Waals surface area (Å²) in [6.45, 7) is 5.28. The predicted octanol–water partition coefficient (Wildman–Crippen LogP) is 3.27. The molecule has 0 unspecified atom stereocenters. The average Bonchev–Trinajstić information content (AvgIpc) is 2.23. The second kappa shape index (κ2) is 4.05. The summed E-state index contributed by atoms with van der Waals surface area (Å²) in [7, 11) is 0. The average molecular weight is 202 g/mol. The summed E-state index contributed by atoms with van der Waals surface area (Å²) < 4.78 is 0. The molecule has 1 aliphatic heterocycles. The van der Waals surface area contributed by atoms with Crippen LogP contribution in [0, 0.1) is 19.3 Å². The topological polar surface area (TPSA) is 27.1 Å². The van der Waals surface area contributed by atoms with Gasteiger partial charge in [0, 0.05) is 18.7 Å². The number of anilines is 1. The SMILES string of the molecule is Cc1cccc(N2CCCCC2=N)c1C. The van der Waals surface area contributed by atoms with Crippen LogP contribution in [0.2, 0.25) is 0 Å². The highest BCUT2D eigenvalue weighted by atomic mass is 15.2. The normalized spacial score (nSPS) is 16.9. The summed E-state index contributed by atoms with van der Waals surface area (Å²) in [5.41, 5.74) is 3.84. The molecule has 2 rings (SSSR count). The third-order valence-corrected chi connectivity index (χ3v) is 3.24. The molecular formula is C13H18N2. The minimum Gasteiger partial charge on any atom is -0.330 e. The van der Waals surface area contributed by atoms with E-state index in [1.807, 2.05) is 0 Å². The monoisotopic (exact) mass is 202 g/mol. The molecule has 2 nitrogen and oxygen atoms in total. The van der Waals surface area contributed by atoms with Crippen LogP contribution < -0.4 is 4.90 Å². The van der Waals surface area contributed by atoms with Gasteiger partial charge in [-0.1, -0.05) is 12.1 Å². The summed E-state index contributed by atoms with van der Waals surface area (Å²) in [6, 6.07) is 6.34. The fraction of sp³-hybridized carbons (Fsp3) is 0.462. The third-order valence-electron chi connectivity index (χ3n) is 3.24. The summed E-state index contributed by atoms with van der Waals surface area (Å²) in [4.78, 5) is 2.16. The van der Waals surface area contributed by atoms with Crippen molar-refractivity contribution >= 4 is 11.5 Å². The van der Waals surface area contributed by atoms with Gasteiger partial charge >= 0.3 is 0 Å². The molecule has 0 amide bonds. The van der Waals surface area contributed by atoms with Crippen LogP contribution in [0.15, 0.2) is 18.2 Å². The molecule has 0 bridgehead atoms. The molecule has 1 heterocycles. The van der Waals surface area contributed by atoms with E-state index in [1.165, 1.54) is 29.7 Å². The van der Waals surface area contributed by atoms with Gasteiger partial charge in [-0.15, -0.1) is 0 Å². The third kappa shape index (κ3) is 1.89. The number of hydrogen-bond donors (Lipinski definition) is 1. The molecule has 1 aromatic rings. The second-order valence-corrected chi connectivity index (χ2v) is 4.27. The lowest BCUT2D eigenvalue weighted by molar-refractivity contribution is 0.706. The minimum absolute atomic E-state index is 0.773. The van der Waals surface area contributed by atoms with Crippen LogP contribution in [0.3, 0.4) is 0 Å². The van der Waals surface area contributed by atoms with Crippen LogP contribution in [-0.2, 0) is 0 Å². The number of hydrogen-bond acceptors (Lipinski definition) is 1. The number of rotatable bonds is 1. The minimum atomic E-state index is 0.773. The van der Waals surface area contributed by atoms with Crippen LogP contribution in [0.5, 0.6) is 0 Å². The van der Waals surface area contributed by atoms with Crippen molar-refractivity contribution in [1.82, 2.24) is 0 Å². The van der Waals surface area contributed by atoms with Gasteiger partial charge in [0.15, 0.2) is 0 Å². The highest BCUT2D eigenvalue weighted by Crippen LogP contribution is 2.26. The lowest BCUT2D eigenvalue weighted by atomic mass is 10.0. The van der Waals surface area contributed by atoms with Gasteiger partial charge in [-0.25, -0.2) is 0 Å². The Kier molecular flexibility index (Phi) is 2.76. The van der Waals surface area contributed by atoms with E-state index in [-0.39, 0.29) is 0 Å². The molecule has 1 fully saturated rings. The Morgan fingerprint density at radius 1 is 1.20 bits per heavy atom. The molecule has 0 saturated carbocycles. The molecule has 0 aliphatic carbocycles. The molecule has 1 N–H and O–H groups in total. The Balaban J connectivity index is 2.35. The zero-order valence-corrected chi connectivity index (χ0v) is 9.51. The molecule has 1 aromatic carbocycles. The van der Waals surface area contributed by atoms with E-state index in [2.05, 4.69) is 36.9 Å². The predicted molar refractivity (Wildman–Crippen MR) is 64.8 cm³/mol. The zero-order chi connectivity index (χ0) is 10.8. The van der Waals surface area contributed by atoms with Gasteiger partial charge in [-0.3, -0.25) is 5.41 Å². The molecule has 2 heteroatoms. The maximum atomic E-state index is 7.98. The van der Waals surface area contributed by atoms with E-state index in [0.29, 0.717) is 0 Å². The first-order valence-corrected chi connectivity index (χ1v) is 5.61. The number of benzene rings is 1. The molecule has 0 aromatic heterocycles. The molecule has 1 saturated heterocycles. The summed E-state index contributed by atoms with van der Waals surface area (Å²) in [6.07, 6.45) is 3.29. The fourth-order valence-corrected chi connectivity index (χ4v) is 2.13. The van der Waals surface area contributed by atoms with Crippen molar-refractivity contribution in [2.75, 3.05) is 11.4 Å². The summed E-state index contributed by atoms with van der Waals surface area (Å²) in [5.74, 6) is 0.773. The maximum absolute atomic E-state index is 7.98. The highest BCUT2D eigenvalue weighted by molar-refractivity contribution is 5.96. The summed E-state index contributed by atoms with van der Waals surface area (Å²) in [5, 5.41) is 7.98. The molecular weight excluding hydrogens is 184 g/mol. The first kappa shape index (κ1) is 10.2. The van der Waals surface area contributed by atoms with Gasteiger partial charge in [0.05, 0.1) is 0 Å². The van der Waals surface area contributed by atoms with Gasteiger partial charge in [0.25, 0.3) is 0 Å². The first-order valence-electron chi connectivity index (χ1n) is 5.61. The Labute approximate surface area is 91.4 Å². The largest absolute Gasteiger partial charge is 0.330 e. The van der Waals surface area contributed by atoms with Crippen LogP contribution in [0.25, 0.3) is 0 Å². The van der Waals surface area contributed by atoms with Crippen LogP contribution in [0.1, 0.15) is 30.4 Å². The van der Waals surface area contributed by atoms with E-state index in [9.17, 15) is 0 Å². The molecule has 80 valence electrons. The molecule has 0 spiro atoms. The van der Waals surface area contributed by atoms with Gasteiger partial charge in [0.1, 0.15) is 5.84 Å². The number of piperidine rings is 1. The Bertz CT molecular complexity index is 382. The van der Waals surface area contributed by atoms with Gasteiger partial charge in [-0.05, 0) is 43.9 Å². The van der Waals surface area contributed by atoms with Gasteiger partial charge in [-0.2, -0.15) is 0 Å². The zero-order valence-electron chi connectivity index (χ0n) is 9.51. The van der Waals surface area contributed by atoms with Crippen molar-refractivity contribution in [1.29, 1.82) is 5.41 Å². The van der Waals surface area contributed by atoms with Crippen molar-refractivity contribution in [2.45, 2.75) is 33.1 Å². The van der Waals surface area contributed by atoms with E-state index < -0.39 is 0 Å². The van der Waals surface area contributed by atoms with Gasteiger partial charge < -0.3 is 4.90 Å². The van der Waals surface area contributed by atoms with Crippen molar-refractivity contribution < 1.29 is 0 Å². The molecule has 1 aliphatic rings. The number of amidine groups is 1. The molecule has 0 atom stereocenters. The van der Waals surface area contributed by atoms with Gasteiger partial charge in [0.2, 0.25) is 0 Å². The summed E-state index contributed by atoms with van der Waals surface area (Å²) >= 11 is 0. The first-order chi connectivity index (χ1) is 7.20. The van der Waals surface area contributed by atoms with E-state index >= 15 is 0 Å². The fourth-order valence-electron chi connectivity index (χ4n) is 2.13. The Morgan fingerprint density at radius 2 is 2.00 bits per heavy atom. The lowest BCUT2D eigenvalue weighted by Gasteiger charge is -2.31. The maximum Gasteiger partial charge on any atom is 0.100 e. The van der Waals surface area contributed by atoms with Crippen molar-refractivity contribution in [3.8, 4) is 0 Å². The molecule has 15 heavy (non-hydrogen) atoms. The van der Waals surface area contributed by atoms with Crippen LogP contribution in [0.4, 0.5) is 5.69 Å². The highest BCUT2D eigenvalue weighted by Gasteiger charge is 2.18. The van der Waals surface area contributed by atoms with E-state index in [4.69, 9.17) is 5.41 Å². The lowest BCUT2D eigenvalue weighted by Crippen LogP contribution is -2.35. The number of nitrogens with one attached hydrogen (secondary N) is 1. The number of nitrogens with zero attached hydrogens (tertiary/aromatic N) is 1. The van der Waals surface area contributed by atoms with Crippen molar-refractivity contribution in [2.24, 2.45) is 0 Å². The van der Waals surface area contributed by atoms with E-state index in [1.54, 1.807) is 0 Å². The second-order valence-electron chi connectivity index (χ2n) is 4.27. The Morgan fingerprint density at radius 3 is 2.73 bits per heavy atom. The molecule has 0 radical (unpaired) electrons. The van der Waals surface area contributed by atoms with Crippen molar-refractivity contribution in [3.63, 3.8) is 0 Å². The van der Waals surface area contributed by atoms with Crippen LogP contribution >= 0.6 is 0 Å². The van der Waals surface area contributed by atoms with E-state index in [0.717, 1.165) is 18.8 Å².